The van der Waals surface area contributed by atoms with Crippen molar-refractivity contribution >= 4 is 27.4 Å². The predicted octanol–water partition coefficient (Wildman–Crippen LogP) is 1.90. The van der Waals surface area contributed by atoms with Gasteiger partial charge < -0.3 is 0 Å². The number of benzene rings is 1. The van der Waals surface area contributed by atoms with Crippen molar-refractivity contribution in [2.45, 2.75) is 0 Å². The van der Waals surface area contributed by atoms with Crippen molar-refractivity contribution in [1.29, 1.82) is 0 Å². The van der Waals surface area contributed by atoms with Crippen LogP contribution in [0, 0.1) is 0 Å². The summed E-state index contributed by atoms with van der Waals surface area (Å²) in [5, 5.41) is 4.66. The minimum absolute atomic E-state index is 0.384. The first-order valence-electron chi connectivity index (χ1n) is 4.73. The number of nitrogens with zero attached hydrogens (tertiary/aromatic N) is 2. The van der Waals surface area contributed by atoms with Gasteiger partial charge in [-0.25, -0.2) is 13.1 Å². The number of rotatable bonds is 3. The van der Waals surface area contributed by atoms with Gasteiger partial charge in [-0.1, -0.05) is 11.6 Å². The molecule has 17 heavy (non-hydrogen) atoms. The molecule has 0 fully saturated rings. The van der Waals surface area contributed by atoms with Gasteiger partial charge in [0.1, 0.15) is 5.82 Å². The molecule has 1 aromatic carbocycles. The fourth-order valence-electron chi connectivity index (χ4n) is 1.36. The molecule has 0 unspecified atom stereocenters. The largest absolute Gasteiger partial charge is 0.267 e. The van der Waals surface area contributed by atoms with E-state index in [1.165, 1.54) is 10.9 Å². The molecule has 0 spiro atoms. The summed E-state index contributed by atoms with van der Waals surface area (Å²) in [5.74, 6) is 0.384. The zero-order valence-corrected chi connectivity index (χ0v) is 10.5. The quantitative estimate of drug-likeness (QED) is 0.927. The Morgan fingerprint density at radius 1 is 1.24 bits per heavy atom. The lowest BCUT2D eigenvalue weighted by Gasteiger charge is -2.08. The zero-order valence-electron chi connectivity index (χ0n) is 8.96. The van der Waals surface area contributed by atoms with Gasteiger partial charge in [0, 0.05) is 11.1 Å². The zero-order chi connectivity index (χ0) is 12.5. The van der Waals surface area contributed by atoms with E-state index < -0.39 is 10.0 Å². The highest BCUT2D eigenvalue weighted by Crippen LogP contribution is 2.17. The van der Waals surface area contributed by atoms with Crippen LogP contribution < -0.4 is 4.72 Å². The molecule has 0 radical (unpaired) electrons. The van der Waals surface area contributed by atoms with Crippen LogP contribution in [0.25, 0.3) is 5.69 Å². The van der Waals surface area contributed by atoms with Crippen LogP contribution in [0.3, 0.4) is 0 Å². The number of sulfonamides is 1. The lowest BCUT2D eigenvalue weighted by atomic mass is 10.3. The van der Waals surface area contributed by atoms with Crippen LogP contribution >= 0.6 is 11.6 Å². The van der Waals surface area contributed by atoms with Crippen LogP contribution in [0.1, 0.15) is 0 Å². The van der Waals surface area contributed by atoms with Crippen LogP contribution in [0.2, 0.25) is 5.02 Å². The number of hydrogen-bond acceptors (Lipinski definition) is 3. The molecular formula is C10H10ClN3O2S. The second-order valence-electron chi connectivity index (χ2n) is 3.48. The SMILES string of the molecule is CS(=O)(=O)Nc1ccnn1-c1ccc(Cl)cc1. The molecule has 7 heteroatoms. The molecule has 1 N–H and O–H groups in total. The summed E-state index contributed by atoms with van der Waals surface area (Å²) in [7, 11) is -3.32. The Morgan fingerprint density at radius 3 is 2.47 bits per heavy atom. The van der Waals surface area contributed by atoms with Crippen molar-refractivity contribution in [2.24, 2.45) is 0 Å². The van der Waals surface area contributed by atoms with Crippen molar-refractivity contribution in [3.63, 3.8) is 0 Å². The highest BCUT2D eigenvalue weighted by atomic mass is 35.5. The second-order valence-corrected chi connectivity index (χ2v) is 5.66. The third-order valence-electron chi connectivity index (χ3n) is 2.00. The van der Waals surface area contributed by atoms with E-state index in [0.717, 1.165) is 11.9 Å². The Bertz CT molecular complexity index is 619. The lowest BCUT2D eigenvalue weighted by Crippen LogP contribution is -2.13. The lowest BCUT2D eigenvalue weighted by molar-refractivity contribution is 0.606. The first-order valence-corrected chi connectivity index (χ1v) is 7.00. The second kappa shape index (κ2) is 4.38. The van der Waals surface area contributed by atoms with Crippen LogP contribution in [-0.2, 0) is 10.0 Å². The summed E-state index contributed by atoms with van der Waals surface area (Å²) in [6.07, 6.45) is 2.61. The summed E-state index contributed by atoms with van der Waals surface area (Å²) in [6, 6.07) is 8.51. The molecule has 0 bridgehead atoms. The van der Waals surface area contributed by atoms with Gasteiger partial charge in [-0.3, -0.25) is 4.72 Å². The van der Waals surface area contributed by atoms with E-state index in [9.17, 15) is 8.42 Å². The highest BCUT2D eigenvalue weighted by molar-refractivity contribution is 7.92. The number of anilines is 1. The van der Waals surface area contributed by atoms with Crippen molar-refractivity contribution in [1.82, 2.24) is 9.78 Å². The third-order valence-corrected chi connectivity index (χ3v) is 2.84. The molecule has 0 aliphatic heterocycles. The van der Waals surface area contributed by atoms with E-state index in [2.05, 4.69) is 9.82 Å². The minimum Gasteiger partial charge on any atom is -0.267 e. The van der Waals surface area contributed by atoms with Crippen LogP contribution in [0.4, 0.5) is 5.82 Å². The maximum Gasteiger partial charge on any atom is 0.230 e. The van der Waals surface area contributed by atoms with Crippen molar-refractivity contribution < 1.29 is 8.42 Å². The van der Waals surface area contributed by atoms with Gasteiger partial charge in [-0.2, -0.15) is 5.10 Å². The Labute approximate surface area is 104 Å². The molecular weight excluding hydrogens is 262 g/mol. The molecule has 0 amide bonds. The smallest absolute Gasteiger partial charge is 0.230 e. The summed E-state index contributed by atoms with van der Waals surface area (Å²) >= 11 is 5.78. The van der Waals surface area contributed by atoms with Gasteiger partial charge in [0.15, 0.2) is 0 Å². The van der Waals surface area contributed by atoms with Crippen molar-refractivity contribution in [3.8, 4) is 5.69 Å². The Hall–Kier alpha value is -1.53. The highest BCUT2D eigenvalue weighted by Gasteiger charge is 2.08. The van der Waals surface area contributed by atoms with Gasteiger partial charge in [-0.05, 0) is 24.3 Å². The third kappa shape index (κ3) is 2.98. The molecule has 2 rings (SSSR count). The van der Waals surface area contributed by atoms with Crippen LogP contribution in [-0.4, -0.2) is 24.5 Å². The van der Waals surface area contributed by atoms with Crippen molar-refractivity contribution in [3.05, 3.63) is 41.6 Å². The van der Waals surface area contributed by atoms with Gasteiger partial charge in [0.2, 0.25) is 10.0 Å². The van der Waals surface area contributed by atoms with Crippen LogP contribution in [0.15, 0.2) is 36.5 Å². The molecule has 90 valence electrons. The number of halogens is 1. The first-order chi connectivity index (χ1) is 7.96. The summed E-state index contributed by atoms with van der Waals surface area (Å²) in [4.78, 5) is 0. The van der Waals surface area contributed by atoms with Gasteiger partial charge in [0.25, 0.3) is 0 Å². The van der Waals surface area contributed by atoms with E-state index in [1.807, 2.05) is 0 Å². The number of aromatic nitrogens is 2. The van der Waals surface area contributed by atoms with E-state index in [0.29, 0.717) is 10.8 Å². The van der Waals surface area contributed by atoms with Gasteiger partial charge >= 0.3 is 0 Å². The van der Waals surface area contributed by atoms with E-state index in [1.54, 1.807) is 30.3 Å². The molecule has 2 aromatic rings. The standard InChI is InChI=1S/C10H10ClN3O2S/c1-17(15,16)13-10-6-7-12-14(10)9-4-2-8(11)3-5-9/h2-7,13H,1H3. The topological polar surface area (TPSA) is 64.0 Å². The maximum atomic E-state index is 11.2. The molecule has 5 nitrogen and oxygen atoms in total. The van der Waals surface area contributed by atoms with E-state index in [4.69, 9.17) is 11.6 Å². The normalized spacial score (nSPS) is 11.4. The first kappa shape index (κ1) is 11.9. The average molecular weight is 272 g/mol. The minimum atomic E-state index is -3.32. The van der Waals surface area contributed by atoms with Gasteiger partial charge in [0.05, 0.1) is 18.1 Å². The monoisotopic (exact) mass is 271 g/mol. The van der Waals surface area contributed by atoms with Gasteiger partial charge in [-0.15, -0.1) is 0 Å². The fraction of sp³-hybridized carbons (Fsp3) is 0.100. The fourth-order valence-corrected chi connectivity index (χ4v) is 2.02. The molecule has 0 aliphatic carbocycles. The van der Waals surface area contributed by atoms with Crippen LogP contribution in [0.5, 0.6) is 0 Å². The Balaban J connectivity index is 2.40. The van der Waals surface area contributed by atoms with Crippen molar-refractivity contribution in [2.75, 3.05) is 11.0 Å². The number of hydrogen-bond donors (Lipinski definition) is 1. The molecule has 0 saturated heterocycles. The Kier molecular flexibility index (Phi) is 3.08. The van der Waals surface area contributed by atoms with E-state index in [-0.39, 0.29) is 0 Å². The molecule has 0 atom stereocenters. The molecule has 0 saturated carbocycles. The molecule has 1 heterocycles. The summed E-state index contributed by atoms with van der Waals surface area (Å²) < 4.78 is 26.2. The summed E-state index contributed by atoms with van der Waals surface area (Å²) in [6.45, 7) is 0. The maximum absolute atomic E-state index is 11.2. The van der Waals surface area contributed by atoms with E-state index >= 15 is 0 Å². The summed E-state index contributed by atoms with van der Waals surface area (Å²) in [5.41, 5.74) is 0.727. The predicted molar refractivity (Wildman–Crippen MR) is 67.0 cm³/mol. The average Bonchev–Trinajstić information content (AvgIpc) is 2.64. The Morgan fingerprint density at radius 2 is 1.88 bits per heavy atom. The molecule has 1 aromatic heterocycles. The number of nitrogens with one attached hydrogen (secondary N) is 1. The molecule has 0 aliphatic rings.